The number of ether oxygens (including phenoxy) is 1. The first-order valence-electron chi connectivity index (χ1n) is 9.77. The summed E-state index contributed by atoms with van der Waals surface area (Å²) in [5, 5.41) is 0.144. The van der Waals surface area contributed by atoms with E-state index in [0.717, 1.165) is 17.7 Å². The lowest BCUT2D eigenvalue weighted by molar-refractivity contribution is 0.439. The van der Waals surface area contributed by atoms with E-state index in [-0.39, 0.29) is 17.1 Å². The van der Waals surface area contributed by atoms with Crippen LogP contribution >= 0.6 is 0 Å². The molecule has 0 amide bonds. The van der Waals surface area contributed by atoms with Gasteiger partial charge in [-0.2, -0.15) is 0 Å². The van der Waals surface area contributed by atoms with Crippen LogP contribution in [0.25, 0.3) is 22.0 Å². The molecule has 4 aromatic rings. The first-order valence-corrected chi connectivity index (χ1v) is 10.9. The Morgan fingerprint density at radius 3 is 2.59 bits per heavy atom. The van der Waals surface area contributed by atoms with Crippen molar-refractivity contribution in [1.82, 2.24) is 9.55 Å². The largest absolute Gasteiger partial charge is 0.454 e. The summed E-state index contributed by atoms with van der Waals surface area (Å²) in [6.45, 7) is 1.66. The molecule has 166 valence electrons. The van der Waals surface area contributed by atoms with E-state index in [4.69, 9.17) is 4.74 Å². The van der Waals surface area contributed by atoms with E-state index in [2.05, 4.69) is 4.98 Å². The number of halogens is 2. The van der Waals surface area contributed by atoms with Crippen molar-refractivity contribution in [3.05, 3.63) is 82.4 Å². The van der Waals surface area contributed by atoms with Gasteiger partial charge in [0.1, 0.15) is 17.1 Å². The summed E-state index contributed by atoms with van der Waals surface area (Å²) in [6, 6.07) is 9.92. The Hall–Kier alpha value is -3.30. The molecule has 0 radical (unpaired) electrons. The average Bonchev–Trinajstić information content (AvgIpc) is 3.24. The van der Waals surface area contributed by atoms with Gasteiger partial charge in [-0.3, -0.25) is 4.79 Å². The highest BCUT2D eigenvalue weighted by atomic mass is 32.2. The van der Waals surface area contributed by atoms with Gasteiger partial charge in [-0.05, 0) is 49.2 Å². The number of nitrogens with zero attached hydrogens (tertiary/aromatic N) is 1. The summed E-state index contributed by atoms with van der Waals surface area (Å²) in [5.41, 5.74) is 2.17. The minimum absolute atomic E-state index is 0.152. The third kappa shape index (κ3) is 4.21. The predicted molar refractivity (Wildman–Crippen MR) is 119 cm³/mol. The van der Waals surface area contributed by atoms with Crippen molar-refractivity contribution in [2.45, 2.75) is 18.6 Å². The molecule has 0 spiro atoms. The molecule has 4 rings (SSSR count). The number of fused-ring (bicyclic) bond motifs is 1. The zero-order valence-electron chi connectivity index (χ0n) is 17.3. The van der Waals surface area contributed by atoms with E-state index in [0.29, 0.717) is 28.5 Å². The van der Waals surface area contributed by atoms with E-state index < -0.39 is 28.0 Å². The third-order valence-corrected chi connectivity index (χ3v) is 6.06. The Bertz CT molecular complexity index is 1400. The summed E-state index contributed by atoms with van der Waals surface area (Å²) in [4.78, 5) is 15.4. The molecule has 0 aliphatic carbocycles. The summed E-state index contributed by atoms with van der Waals surface area (Å²) < 4.78 is 55.6. The van der Waals surface area contributed by atoms with Crippen molar-refractivity contribution >= 4 is 22.0 Å². The van der Waals surface area contributed by atoms with Crippen molar-refractivity contribution in [3.63, 3.8) is 0 Å². The average molecular weight is 458 g/mol. The molecule has 32 heavy (non-hydrogen) atoms. The first-order chi connectivity index (χ1) is 15.2. The molecular weight excluding hydrogens is 438 g/mol. The molecule has 0 bridgehead atoms. The van der Waals surface area contributed by atoms with Gasteiger partial charge in [-0.1, -0.05) is 6.07 Å². The lowest BCUT2D eigenvalue weighted by atomic mass is 9.98. The van der Waals surface area contributed by atoms with Gasteiger partial charge in [0.2, 0.25) is 0 Å². The second kappa shape index (κ2) is 8.68. The Labute approximate surface area is 184 Å². The number of hydrogen-bond acceptors (Lipinski definition) is 3. The normalized spacial score (nSPS) is 13.3. The molecule has 0 aliphatic heterocycles. The molecule has 2 unspecified atom stereocenters. The van der Waals surface area contributed by atoms with Crippen LogP contribution in [-0.4, -0.2) is 23.6 Å². The van der Waals surface area contributed by atoms with E-state index >= 15 is 0 Å². The van der Waals surface area contributed by atoms with Gasteiger partial charge in [-0.15, -0.1) is 0 Å². The van der Waals surface area contributed by atoms with Crippen LogP contribution in [-0.2, 0) is 24.5 Å². The minimum atomic E-state index is -1.99. The zero-order valence-corrected chi connectivity index (χ0v) is 18.1. The number of H-pyrrole nitrogens is 1. The van der Waals surface area contributed by atoms with Crippen LogP contribution < -0.4 is 10.3 Å². The molecule has 0 saturated heterocycles. The van der Waals surface area contributed by atoms with Crippen LogP contribution in [0.5, 0.6) is 11.5 Å². The minimum Gasteiger partial charge on any atom is -0.454 e. The highest BCUT2D eigenvalue weighted by Gasteiger charge is 2.18. The maximum Gasteiger partial charge on any atom is 0.274 e. The third-order valence-electron chi connectivity index (χ3n) is 5.21. The number of aromatic nitrogens is 2. The molecular formula is C23H20F2N2O4S. The SMILES string of the molecule is CC(Cc1ccc(Oc2ccc(F)cc2F)c(-c2cn(C)c(=O)c3[nH]ccc23)c1)S(=O)O. The van der Waals surface area contributed by atoms with Gasteiger partial charge >= 0.3 is 0 Å². The second-order valence-corrected chi connectivity index (χ2v) is 8.88. The summed E-state index contributed by atoms with van der Waals surface area (Å²) in [5.74, 6) is -1.43. The monoisotopic (exact) mass is 458 g/mol. The number of rotatable bonds is 6. The van der Waals surface area contributed by atoms with Gasteiger partial charge in [0.25, 0.3) is 5.56 Å². The van der Waals surface area contributed by atoms with E-state index in [1.54, 1.807) is 50.6 Å². The lowest BCUT2D eigenvalue weighted by Crippen LogP contribution is -2.16. The maximum atomic E-state index is 14.3. The van der Waals surface area contributed by atoms with Crippen molar-refractivity contribution in [3.8, 4) is 22.6 Å². The fourth-order valence-electron chi connectivity index (χ4n) is 3.57. The van der Waals surface area contributed by atoms with Crippen LogP contribution in [0.1, 0.15) is 12.5 Å². The molecule has 0 saturated carbocycles. The number of nitrogens with one attached hydrogen (secondary N) is 1. The smallest absolute Gasteiger partial charge is 0.274 e. The van der Waals surface area contributed by atoms with Gasteiger partial charge in [0.05, 0.1) is 5.25 Å². The summed E-state index contributed by atoms with van der Waals surface area (Å²) >= 11 is -1.99. The van der Waals surface area contributed by atoms with Crippen LogP contribution in [0, 0.1) is 11.6 Å². The molecule has 2 N–H and O–H groups in total. The Kier molecular flexibility index (Phi) is 5.94. The molecule has 9 heteroatoms. The van der Waals surface area contributed by atoms with E-state index in [1.807, 2.05) is 0 Å². The topological polar surface area (TPSA) is 84.3 Å². The fourth-order valence-corrected chi connectivity index (χ4v) is 3.90. The quantitative estimate of drug-likeness (QED) is 0.408. The van der Waals surface area contributed by atoms with Gasteiger partial charge < -0.3 is 18.8 Å². The number of benzene rings is 2. The number of pyridine rings is 1. The number of aromatic amines is 1. The molecule has 0 aliphatic rings. The highest BCUT2D eigenvalue weighted by molar-refractivity contribution is 7.79. The predicted octanol–water partition coefficient (Wildman–Crippen LogP) is 4.76. The van der Waals surface area contributed by atoms with Crippen molar-refractivity contribution in [2.24, 2.45) is 7.05 Å². The molecule has 2 aromatic heterocycles. The molecule has 6 nitrogen and oxygen atoms in total. The number of aryl methyl sites for hydroxylation is 1. The Morgan fingerprint density at radius 2 is 1.88 bits per heavy atom. The van der Waals surface area contributed by atoms with Crippen molar-refractivity contribution in [1.29, 1.82) is 0 Å². The highest BCUT2D eigenvalue weighted by Crippen LogP contribution is 2.38. The molecule has 2 atom stereocenters. The summed E-state index contributed by atoms with van der Waals surface area (Å²) in [7, 11) is 1.62. The van der Waals surface area contributed by atoms with Gasteiger partial charge in [0, 0.05) is 42.0 Å². The van der Waals surface area contributed by atoms with Crippen molar-refractivity contribution < 1.29 is 22.3 Å². The standard InChI is InChI=1S/C23H20F2N2O4S/c1-13(32(29)30)9-14-3-5-20(31-21-6-4-15(24)11-19(21)25)17(10-14)18-12-27(2)23(28)22-16(18)7-8-26-22/h3-8,10-13,26H,9H2,1-2H3,(H,29,30). The molecule has 0 fully saturated rings. The zero-order chi connectivity index (χ0) is 23.0. The Balaban J connectivity index is 1.89. The second-order valence-electron chi connectivity index (χ2n) is 7.52. The van der Waals surface area contributed by atoms with Crippen LogP contribution in [0.2, 0.25) is 0 Å². The van der Waals surface area contributed by atoms with E-state index in [9.17, 15) is 22.3 Å². The maximum absolute atomic E-state index is 14.3. The van der Waals surface area contributed by atoms with Crippen LogP contribution in [0.3, 0.4) is 0 Å². The first kappa shape index (κ1) is 21.9. The fraction of sp³-hybridized carbons (Fsp3) is 0.174. The van der Waals surface area contributed by atoms with Crippen molar-refractivity contribution in [2.75, 3.05) is 0 Å². The summed E-state index contributed by atoms with van der Waals surface area (Å²) in [6.07, 6.45) is 3.62. The molecule has 2 heterocycles. The molecule has 2 aromatic carbocycles. The van der Waals surface area contributed by atoms with Gasteiger partial charge in [0.15, 0.2) is 22.6 Å². The van der Waals surface area contributed by atoms with E-state index in [1.165, 1.54) is 10.6 Å². The van der Waals surface area contributed by atoms with Crippen LogP contribution in [0.4, 0.5) is 8.78 Å². The number of hydrogen-bond donors (Lipinski definition) is 2. The van der Waals surface area contributed by atoms with Crippen LogP contribution in [0.15, 0.2) is 59.7 Å². The Morgan fingerprint density at radius 1 is 1.12 bits per heavy atom. The van der Waals surface area contributed by atoms with Gasteiger partial charge in [-0.25, -0.2) is 13.0 Å². The lowest BCUT2D eigenvalue weighted by Gasteiger charge is -2.16.